The van der Waals surface area contributed by atoms with Crippen LogP contribution in [0.15, 0.2) is 24.3 Å². The van der Waals surface area contributed by atoms with E-state index in [1.165, 1.54) is 18.6 Å². The minimum absolute atomic E-state index is 0.0701. The van der Waals surface area contributed by atoms with Crippen LogP contribution in [0.25, 0.3) is 0 Å². The molecule has 3 heteroatoms. The second-order valence-corrected chi connectivity index (χ2v) is 4.26. The summed E-state index contributed by atoms with van der Waals surface area (Å²) in [6, 6.07) is 6.62. The molecule has 0 amide bonds. The van der Waals surface area contributed by atoms with Gasteiger partial charge in [-0.05, 0) is 18.4 Å². The highest BCUT2D eigenvalue weighted by atomic mass is 19.3. The summed E-state index contributed by atoms with van der Waals surface area (Å²) in [6.45, 7) is 0.612. The molecule has 0 unspecified atom stereocenters. The molecule has 82 valence electrons. The summed E-state index contributed by atoms with van der Waals surface area (Å²) in [7, 11) is 0. The van der Waals surface area contributed by atoms with Gasteiger partial charge in [-0.1, -0.05) is 30.7 Å². The Morgan fingerprint density at radius 2 is 1.80 bits per heavy atom. The highest BCUT2D eigenvalue weighted by Crippen LogP contribution is 2.42. The van der Waals surface area contributed by atoms with Crippen molar-refractivity contribution in [2.45, 2.75) is 31.1 Å². The van der Waals surface area contributed by atoms with Crippen LogP contribution in [0.1, 0.15) is 36.8 Å². The van der Waals surface area contributed by atoms with Crippen LogP contribution in [0.2, 0.25) is 0 Å². The number of hydrogen-bond acceptors (Lipinski definition) is 1. The van der Waals surface area contributed by atoms with E-state index in [-0.39, 0.29) is 11.0 Å². The summed E-state index contributed by atoms with van der Waals surface area (Å²) in [4.78, 5) is 0. The first-order valence-corrected chi connectivity index (χ1v) is 5.27. The molecule has 0 radical (unpaired) electrons. The topological polar surface area (TPSA) is 26.0 Å². The fourth-order valence-corrected chi connectivity index (χ4v) is 2.20. The number of alkyl halides is 2. The Hall–Kier alpha value is -0.960. The first kappa shape index (κ1) is 10.6. The Balaban J connectivity index is 2.23. The predicted octanol–water partition coefficient (Wildman–Crippen LogP) is 3.00. The molecule has 1 aliphatic rings. The second kappa shape index (κ2) is 3.89. The molecule has 0 spiro atoms. The van der Waals surface area contributed by atoms with Crippen molar-refractivity contribution in [1.29, 1.82) is 0 Å². The summed E-state index contributed by atoms with van der Waals surface area (Å²) in [6.07, 6.45) is 0.970. The minimum atomic E-state index is -2.38. The van der Waals surface area contributed by atoms with Crippen LogP contribution in [0.5, 0.6) is 0 Å². The summed E-state index contributed by atoms with van der Waals surface area (Å²) in [5, 5.41) is 0. The minimum Gasteiger partial charge on any atom is -0.330 e. The average Bonchev–Trinajstić information content (AvgIpc) is 2.18. The molecule has 2 N–H and O–H groups in total. The fourth-order valence-electron chi connectivity index (χ4n) is 2.20. The van der Waals surface area contributed by atoms with E-state index in [1.807, 2.05) is 0 Å². The second-order valence-electron chi connectivity index (χ2n) is 4.26. The van der Waals surface area contributed by atoms with Crippen molar-refractivity contribution in [3.8, 4) is 0 Å². The molecule has 15 heavy (non-hydrogen) atoms. The van der Waals surface area contributed by atoms with Crippen molar-refractivity contribution >= 4 is 0 Å². The lowest BCUT2D eigenvalue weighted by Crippen LogP contribution is -2.41. The SMILES string of the molecule is NCC1(c2ccc(C(F)F)cc2)CCC1. The Kier molecular flexibility index (Phi) is 2.74. The van der Waals surface area contributed by atoms with Crippen molar-refractivity contribution in [3.05, 3.63) is 35.4 Å². The van der Waals surface area contributed by atoms with Crippen LogP contribution in [0.3, 0.4) is 0 Å². The molecule has 0 aromatic heterocycles. The van der Waals surface area contributed by atoms with Gasteiger partial charge in [0.15, 0.2) is 0 Å². The van der Waals surface area contributed by atoms with E-state index in [0.717, 1.165) is 18.4 Å². The van der Waals surface area contributed by atoms with Crippen LogP contribution in [0, 0.1) is 0 Å². The van der Waals surface area contributed by atoms with Gasteiger partial charge < -0.3 is 5.73 Å². The number of halogens is 2. The van der Waals surface area contributed by atoms with Crippen molar-refractivity contribution in [3.63, 3.8) is 0 Å². The molecule has 0 saturated heterocycles. The van der Waals surface area contributed by atoms with Gasteiger partial charge in [0.1, 0.15) is 0 Å². The smallest absolute Gasteiger partial charge is 0.263 e. The molecule has 1 aromatic rings. The highest BCUT2D eigenvalue weighted by molar-refractivity contribution is 5.32. The number of nitrogens with two attached hydrogens (primary N) is 1. The maximum Gasteiger partial charge on any atom is 0.263 e. The lowest BCUT2D eigenvalue weighted by Gasteiger charge is -2.41. The summed E-state index contributed by atoms with van der Waals surface area (Å²) in [5.41, 5.74) is 7.02. The Labute approximate surface area is 88.3 Å². The quantitative estimate of drug-likeness (QED) is 0.817. The molecular weight excluding hydrogens is 196 g/mol. The molecule has 1 aliphatic carbocycles. The maximum atomic E-state index is 12.3. The number of benzene rings is 1. The molecule has 0 aliphatic heterocycles. The van der Waals surface area contributed by atoms with Crippen molar-refractivity contribution in [2.75, 3.05) is 6.54 Å². The van der Waals surface area contributed by atoms with Gasteiger partial charge in [0.25, 0.3) is 6.43 Å². The molecular formula is C12H15F2N. The third-order valence-electron chi connectivity index (χ3n) is 3.48. The van der Waals surface area contributed by atoms with Crippen molar-refractivity contribution in [2.24, 2.45) is 5.73 Å². The van der Waals surface area contributed by atoms with Crippen molar-refractivity contribution < 1.29 is 8.78 Å². The Bertz CT molecular complexity index is 322. The molecule has 1 aromatic carbocycles. The van der Waals surface area contributed by atoms with Crippen molar-refractivity contribution in [1.82, 2.24) is 0 Å². The zero-order valence-corrected chi connectivity index (χ0v) is 8.55. The standard InChI is InChI=1S/C12H15F2N/c13-11(14)9-2-4-10(5-3-9)12(8-15)6-1-7-12/h2-5,11H,1,6-8,15H2. The fraction of sp³-hybridized carbons (Fsp3) is 0.500. The summed E-state index contributed by atoms with van der Waals surface area (Å²) >= 11 is 0. The molecule has 1 saturated carbocycles. The van der Waals surface area contributed by atoms with E-state index in [1.54, 1.807) is 12.1 Å². The van der Waals surface area contributed by atoms with Crippen LogP contribution in [-0.4, -0.2) is 6.54 Å². The Morgan fingerprint density at radius 1 is 1.20 bits per heavy atom. The number of hydrogen-bond donors (Lipinski definition) is 1. The third-order valence-corrected chi connectivity index (χ3v) is 3.48. The molecule has 1 fully saturated rings. The van der Waals surface area contributed by atoms with Crippen LogP contribution >= 0.6 is 0 Å². The molecule has 0 atom stereocenters. The predicted molar refractivity (Wildman–Crippen MR) is 56.0 cm³/mol. The van der Waals surface area contributed by atoms with Gasteiger partial charge in [-0.2, -0.15) is 0 Å². The highest BCUT2D eigenvalue weighted by Gasteiger charge is 2.37. The van der Waals surface area contributed by atoms with Crippen LogP contribution in [-0.2, 0) is 5.41 Å². The van der Waals surface area contributed by atoms with Gasteiger partial charge in [0.05, 0.1) is 0 Å². The lowest BCUT2D eigenvalue weighted by atomic mass is 9.64. The lowest BCUT2D eigenvalue weighted by molar-refractivity contribution is 0.151. The normalized spacial score (nSPS) is 18.9. The zero-order valence-electron chi connectivity index (χ0n) is 8.55. The molecule has 2 rings (SSSR count). The van der Waals surface area contributed by atoms with Crippen LogP contribution < -0.4 is 5.73 Å². The van der Waals surface area contributed by atoms with E-state index >= 15 is 0 Å². The Morgan fingerprint density at radius 3 is 2.13 bits per heavy atom. The van der Waals surface area contributed by atoms with E-state index in [2.05, 4.69) is 0 Å². The summed E-state index contributed by atoms with van der Waals surface area (Å²) in [5.74, 6) is 0. The van der Waals surface area contributed by atoms with E-state index < -0.39 is 6.43 Å². The number of rotatable bonds is 3. The van der Waals surface area contributed by atoms with Gasteiger partial charge >= 0.3 is 0 Å². The van der Waals surface area contributed by atoms with Gasteiger partial charge in [-0.3, -0.25) is 0 Å². The molecule has 1 nitrogen and oxygen atoms in total. The first-order valence-electron chi connectivity index (χ1n) is 5.27. The van der Waals surface area contributed by atoms with Crippen LogP contribution in [0.4, 0.5) is 8.78 Å². The zero-order chi connectivity index (χ0) is 10.9. The third kappa shape index (κ3) is 1.76. The van der Waals surface area contributed by atoms with Gasteiger partial charge in [-0.25, -0.2) is 8.78 Å². The van der Waals surface area contributed by atoms with Gasteiger partial charge in [0, 0.05) is 17.5 Å². The maximum absolute atomic E-state index is 12.3. The average molecular weight is 211 g/mol. The monoisotopic (exact) mass is 211 g/mol. The van der Waals surface area contributed by atoms with E-state index in [0.29, 0.717) is 6.54 Å². The van der Waals surface area contributed by atoms with Gasteiger partial charge in [-0.15, -0.1) is 0 Å². The largest absolute Gasteiger partial charge is 0.330 e. The molecule has 0 heterocycles. The van der Waals surface area contributed by atoms with E-state index in [4.69, 9.17) is 5.73 Å². The molecule has 0 bridgehead atoms. The van der Waals surface area contributed by atoms with E-state index in [9.17, 15) is 8.78 Å². The summed E-state index contributed by atoms with van der Waals surface area (Å²) < 4.78 is 24.7. The van der Waals surface area contributed by atoms with Gasteiger partial charge in [0.2, 0.25) is 0 Å². The first-order chi connectivity index (χ1) is 7.18.